The summed E-state index contributed by atoms with van der Waals surface area (Å²) in [6.45, 7) is 2.25. The normalized spacial score (nSPS) is 25.7. The van der Waals surface area contributed by atoms with Crippen LogP contribution in [0.1, 0.15) is 49.7 Å². The van der Waals surface area contributed by atoms with E-state index in [4.69, 9.17) is 16.3 Å². The Hall–Kier alpha value is -3.16. The third-order valence-corrected chi connectivity index (χ3v) is 9.30. The molecule has 0 aromatic heterocycles. The van der Waals surface area contributed by atoms with E-state index in [9.17, 15) is 14.4 Å². The van der Waals surface area contributed by atoms with Crippen LogP contribution in [0.4, 0.5) is 0 Å². The Bertz CT molecular complexity index is 1240. The summed E-state index contributed by atoms with van der Waals surface area (Å²) in [7, 11) is 0. The zero-order valence-corrected chi connectivity index (χ0v) is 24.3. The molecule has 3 aliphatic rings. The van der Waals surface area contributed by atoms with E-state index in [2.05, 4.69) is 22.8 Å². The second kappa shape index (κ2) is 13.7. The number of piperidine rings is 1. The van der Waals surface area contributed by atoms with Gasteiger partial charge >= 0.3 is 0 Å². The molecule has 2 N–H and O–H groups in total. The average Bonchev–Trinajstić information content (AvgIpc) is 2.99. The molecule has 0 saturated carbocycles. The lowest BCUT2D eigenvalue weighted by molar-refractivity contribution is -0.140. The first kappa shape index (κ1) is 29.3. The first-order valence-corrected chi connectivity index (χ1v) is 15.2. The Morgan fingerprint density at radius 2 is 1.76 bits per heavy atom. The number of aryl methyl sites for hydroxylation is 1. The van der Waals surface area contributed by atoms with E-state index < -0.39 is 11.5 Å². The van der Waals surface area contributed by atoms with Gasteiger partial charge in [-0.15, -0.1) is 0 Å². The lowest BCUT2D eigenvalue weighted by Crippen LogP contribution is -2.58. The molecule has 2 fully saturated rings. The van der Waals surface area contributed by atoms with Crippen molar-refractivity contribution in [1.82, 2.24) is 15.5 Å². The van der Waals surface area contributed by atoms with Gasteiger partial charge in [0.1, 0.15) is 6.04 Å². The van der Waals surface area contributed by atoms with E-state index in [1.54, 1.807) is 0 Å². The molecule has 0 radical (unpaired) electrons. The van der Waals surface area contributed by atoms with Crippen LogP contribution in [0.3, 0.4) is 0 Å². The zero-order chi connectivity index (χ0) is 28.7. The molecule has 0 aliphatic carbocycles. The number of allylic oxidation sites excluding steroid dienone is 2. The molecule has 2 aromatic carbocycles. The van der Waals surface area contributed by atoms with Crippen molar-refractivity contribution in [1.29, 1.82) is 0 Å². The summed E-state index contributed by atoms with van der Waals surface area (Å²) in [6, 6.07) is 16.7. The number of amides is 3. The molecule has 0 bridgehead atoms. The number of rotatable bonds is 5. The van der Waals surface area contributed by atoms with Gasteiger partial charge in [-0.25, -0.2) is 0 Å². The maximum absolute atomic E-state index is 13.8. The number of hydrogen-bond donors (Lipinski definition) is 2. The van der Waals surface area contributed by atoms with Crippen molar-refractivity contribution in [3.63, 3.8) is 0 Å². The maximum Gasteiger partial charge on any atom is 0.243 e. The Morgan fingerprint density at radius 3 is 2.54 bits per heavy atom. The van der Waals surface area contributed by atoms with Gasteiger partial charge in [-0.1, -0.05) is 72.3 Å². The number of nitrogens with zero attached hydrogens (tertiary/aromatic N) is 1. The quantitative estimate of drug-likeness (QED) is 0.513. The summed E-state index contributed by atoms with van der Waals surface area (Å²) < 4.78 is 5.59. The molecule has 218 valence electrons. The van der Waals surface area contributed by atoms with E-state index in [-0.39, 0.29) is 29.7 Å². The summed E-state index contributed by atoms with van der Waals surface area (Å²) in [5, 5.41) is 7.10. The molecule has 3 atom stereocenters. The highest BCUT2D eigenvalue weighted by atomic mass is 35.5. The van der Waals surface area contributed by atoms with Crippen LogP contribution in [0.5, 0.6) is 0 Å². The molecule has 3 amide bonds. The van der Waals surface area contributed by atoms with Gasteiger partial charge in [0, 0.05) is 56.1 Å². The number of likely N-dealkylation sites (tertiary alicyclic amines) is 1. The molecule has 41 heavy (non-hydrogen) atoms. The number of carbonyl (C=O) groups excluding carboxylic acids is 3. The van der Waals surface area contributed by atoms with E-state index in [0.29, 0.717) is 76.3 Å². The van der Waals surface area contributed by atoms with Crippen molar-refractivity contribution in [3.05, 3.63) is 82.9 Å². The van der Waals surface area contributed by atoms with Crippen molar-refractivity contribution in [2.45, 2.75) is 63.5 Å². The topological polar surface area (TPSA) is 87.7 Å². The molecule has 2 saturated heterocycles. The Labute approximate surface area is 247 Å². The van der Waals surface area contributed by atoms with Crippen molar-refractivity contribution in [3.8, 4) is 0 Å². The van der Waals surface area contributed by atoms with E-state index in [0.717, 1.165) is 17.5 Å². The molecule has 3 heterocycles. The van der Waals surface area contributed by atoms with Crippen molar-refractivity contribution in [2.24, 2.45) is 11.3 Å². The number of nitrogens with one attached hydrogen (secondary N) is 2. The summed E-state index contributed by atoms with van der Waals surface area (Å²) in [5.41, 5.74) is 1.39. The Balaban J connectivity index is 1.32. The van der Waals surface area contributed by atoms with Crippen LogP contribution in [0, 0.1) is 11.3 Å². The fourth-order valence-corrected chi connectivity index (χ4v) is 6.54. The molecule has 3 aliphatic heterocycles. The molecule has 0 unspecified atom stereocenters. The highest BCUT2D eigenvalue weighted by molar-refractivity contribution is 6.31. The standard InChI is InChI=1S/C33H40ClN3O4/c34-27-12-5-4-10-25(27)13-14-30(38)37-19-15-28-26(23-37)11-6-7-16-33(17-20-41-21-18-33)32(40)36-29(31(39)35-28)22-24-8-2-1-3-9-24/h1-10,12,26,28-29H,11,13-23H2,(H,35,39)(H,36,40)/b7-6+/t26-,28+,29-/m1/s1. The summed E-state index contributed by atoms with van der Waals surface area (Å²) >= 11 is 6.31. The second-order valence-corrected chi connectivity index (χ2v) is 12.0. The lowest BCUT2D eigenvalue weighted by atomic mass is 9.75. The zero-order valence-electron chi connectivity index (χ0n) is 23.5. The average molecular weight is 578 g/mol. The fourth-order valence-electron chi connectivity index (χ4n) is 6.31. The van der Waals surface area contributed by atoms with Gasteiger partial charge in [-0.2, -0.15) is 0 Å². The summed E-state index contributed by atoms with van der Waals surface area (Å²) in [4.78, 5) is 42.6. The lowest BCUT2D eigenvalue weighted by Gasteiger charge is -2.40. The van der Waals surface area contributed by atoms with E-state index >= 15 is 0 Å². The van der Waals surface area contributed by atoms with Gasteiger partial charge in [0.05, 0.1) is 5.41 Å². The van der Waals surface area contributed by atoms with E-state index in [1.165, 1.54) is 0 Å². The highest BCUT2D eigenvalue weighted by Crippen LogP contribution is 2.36. The third-order valence-electron chi connectivity index (χ3n) is 8.93. The largest absolute Gasteiger partial charge is 0.381 e. The fraction of sp³-hybridized carbons (Fsp3) is 0.485. The monoisotopic (exact) mass is 577 g/mol. The maximum atomic E-state index is 13.8. The van der Waals surface area contributed by atoms with Crippen molar-refractivity contribution >= 4 is 29.3 Å². The highest BCUT2D eigenvalue weighted by Gasteiger charge is 2.41. The van der Waals surface area contributed by atoms with Gasteiger partial charge in [0.15, 0.2) is 0 Å². The minimum Gasteiger partial charge on any atom is -0.381 e. The molecular formula is C33H40ClN3O4. The van der Waals surface area contributed by atoms with Crippen LogP contribution < -0.4 is 10.6 Å². The number of hydrogen-bond acceptors (Lipinski definition) is 4. The van der Waals surface area contributed by atoms with Crippen molar-refractivity contribution in [2.75, 3.05) is 26.3 Å². The molecular weight excluding hydrogens is 538 g/mol. The van der Waals surface area contributed by atoms with Gasteiger partial charge in [0.25, 0.3) is 0 Å². The molecule has 5 rings (SSSR count). The van der Waals surface area contributed by atoms with Gasteiger partial charge in [-0.3, -0.25) is 14.4 Å². The van der Waals surface area contributed by atoms with Crippen LogP contribution in [0.15, 0.2) is 66.7 Å². The summed E-state index contributed by atoms with van der Waals surface area (Å²) in [5.74, 6) is -0.0356. The minimum atomic E-state index is -0.677. The Kier molecular flexibility index (Phi) is 9.78. The van der Waals surface area contributed by atoms with Crippen LogP contribution in [0.25, 0.3) is 0 Å². The SMILES string of the molecule is O=C1N[C@H]2CCN(C(=O)CCc3ccccc3Cl)C[C@H]2C/C=C/CC2(CCOCC2)C(=O)N[C@@H]1Cc1ccccc1. The minimum absolute atomic E-state index is 0.0717. The molecule has 2 aromatic rings. The van der Waals surface area contributed by atoms with Gasteiger partial charge in [0.2, 0.25) is 17.7 Å². The van der Waals surface area contributed by atoms with Crippen LogP contribution in [0.2, 0.25) is 5.02 Å². The van der Waals surface area contributed by atoms with Crippen LogP contribution in [-0.2, 0) is 32.0 Å². The summed E-state index contributed by atoms with van der Waals surface area (Å²) in [6.07, 6.45) is 8.96. The number of fused-ring (bicyclic) bond motifs is 1. The number of ether oxygens (including phenoxy) is 1. The number of benzene rings is 2. The molecule has 7 nitrogen and oxygen atoms in total. The smallest absolute Gasteiger partial charge is 0.243 e. The predicted molar refractivity (Wildman–Crippen MR) is 159 cm³/mol. The molecule has 8 heteroatoms. The van der Waals surface area contributed by atoms with Crippen LogP contribution >= 0.6 is 11.6 Å². The van der Waals surface area contributed by atoms with Gasteiger partial charge < -0.3 is 20.3 Å². The van der Waals surface area contributed by atoms with Crippen molar-refractivity contribution < 1.29 is 19.1 Å². The Morgan fingerprint density at radius 1 is 1.00 bits per heavy atom. The number of carbonyl (C=O) groups is 3. The molecule has 1 spiro atoms. The first-order valence-electron chi connectivity index (χ1n) is 14.8. The predicted octanol–water partition coefficient (Wildman–Crippen LogP) is 4.48. The number of halogens is 1. The van der Waals surface area contributed by atoms with Crippen LogP contribution in [-0.4, -0.2) is 61.0 Å². The first-order chi connectivity index (χ1) is 19.9. The van der Waals surface area contributed by atoms with Gasteiger partial charge in [-0.05, 0) is 55.7 Å². The van der Waals surface area contributed by atoms with E-state index in [1.807, 2.05) is 59.5 Å². The third kappa shape index (κ3) is 7.38. The second-order valence-electron chi connectivity index (χ2n) is 11.6.